The predicted octanol–water partition coefficient (Wildman–Crippen LogP) is 4.97. The molecule has 0 bridgehead atoms. The summed E-state index contributed by atoms with van der Waals surface area (Å²) in [5.74, 6) is -0.331. The number of carbonyl (C=O) groups is 1. The van der Waals surface area contributed by atoms with Gasteiger partial charge in [0.2, 0.25) is 0 Å². The Labute approximate surface area is 140 Å². The van der Waals surface area contributed by atoms with E-state index in [0.717, 1.165) is 12.0 Å². The average molecular weight is 332 g/mol. The number of hydrogen-bond acceptors (Lipinski definition) is 3. The zero-order chi connectivity index (χ0) is 16.8. The highest BCUT2D eigenvalue weighted by Gasteiger charge is 2.06. The summed E-state index contributed by atoms with van der Waals surface area (Å²) in [6.07, 6.45) is 2.64. The van der Waals surface area contributed by atoms with Gasteiger partial charge in [0.1, 0.15) is 5.75 Å². The first-order valence-corrected chi connectivity index (χ1v) is 7.71. The van der Waals surface area contributed by atoms with Crippen LogP contribution in [0.3, 0.4) is 0 Å². The lowest BCUT2D eigenvalue weighted by Crippen LogP contribution is -2.09. The molecule has 2 aromatic carbocycles. The van der Waals surface area contributed by atoms with E-state index in [1.165, 1.54) is 12.1 Å². The summed E-state index contributed by atoms with van der Waals surface area (Å²) >= 11 is 6.21. The van der Waals surface area contributed by atoms with Crippen LogP contribution >= 0.6 is 11.6 Å². The first-order chi connectivity index (χ1) is 11.0. The number of halogens is 1. The Morgan fingerprint density at radius 2 is 2.13 bits per heavy atom. The molecule has 2 aromatic rings. The normalized spacial score (nSPS) is 12.3. The molecule has 5 heteroatoms. The molecule has 0 aliphatic rings. The van der Waals surface area contributed by atoms with Crippen LogP contribution in [0.1, 0.15) is 36.2 Å². The molecule has 0 amide bonds. The van der Waals surface area contributed by atoms with E-state index >= 15 is 0 Å². The zero-order valence-electron chi connectivity index (χ0n) is 13.0. The second-order valence-electron chi connectivity index (χ2n) is 5.14. The summed E-state index contributed by atoms with van der Waals surface area (Å²) in [6.45, 7) is 4.03. The molecule has 0 saturated heterocycles. The minimum Gasteiger partial charge on any atom is -0.489 e. The maximum atomic E-state index is 10.9. The summed E-state index contributed by atoms with van der Waals surface area (Å²) in [5, 5.41) is 9.49. The van der Waals surface area contributed by atoms with Crippen LogP contribution in [0.15, 0.2) is 47.5 Å². The van der Waals surface area contributed by atoms with Crippen molar-refractivity contribution in [1.82, 2.24) is 0 Å². The minimum atomic E-state index is -0.975. The maximum Gasteiger partial charge on any atom is 0.335 e. The van der Waals surface area contributed by atoms with Gasteiger partial charge in [0, 0.05) is 6.21 Å². The van der Waals surface area contributed by atoms with Gasteiger partial charge < -0.3 is 9.84 Å². The van der Waals surface area contributed by atoms with Crippen LogP contribution in [-0.4, -0.2) is 23.4 Å². The lowest BCUT2D eigenvalue weighted by molar-refractivity contribution is 0.0697. The smallest absolute Gasteiger partial charge is 0.335 e. The highest BCUT2D eigenvalue weighted by atomic mass is 35.5. The highest BCUT2D eigenvalue weighted by Crippen LogP contribution is 2.26. The molecule has 0 aliphatic heterocycles. The number of rotatable bonds is 6. The number of nitrogens with zero attached hydrogens (tertiary/aromatic N) is 1. The second kappa shape index (κ2) is 7.79. The lowest BCUT2D eigenvalue weighted by Gasteiger charge is -2.13. The molecule has 0 spiro atoms. The number of hydrogen-bond donors (Lipinski definition) is 1. The number of ether oxygens (including phenoxy) is 1. The number of aromatic carboxylic acids is 1. The molecule has 0 unspecified atom stereocenters. The molecule has 0 aliphatic carbocycles. The molecule has 120 valence electrons. The van der Waals surface area contributed by atoms with Crippen molar-refractivity contribution in [2.24, 2.45) is 4.99 Å². The van der Waals surface area contributed by atoms with Gasteiger partial charge in [-0.1, -0.05) is 24.6 Å². The monoisotopic (exact) mass is 331 g/mol. The van der Waals surface area contributed by atoms with Gasteiger partial charge in [-0.05, 0) is 55.3 Å². The number of carboxylic acids is 1. The van der Waals surface area contributed by atoms with Crippen LogP contribution in [0.2, 0.25) is 5.02 Å². The third-order valence-corrected chi connectivity index (χ3v) is 3.61. The van der Waals surface area contributed by atoms with Crippen LogP contribution in [0.5, 0.6) is 5.75 Å². The maximum absolute atomic E-state index is 10.9. The van der Waals surface area contributed by atoms with Crippen molar-refractivity contribution >= 4 is 29.5 Å². The molecule has 0 fully saturated rings. The number of carboxylic acid groups (broad SMARTS) is 1. The summed E-state index contributed by atoms with van der Waals surface area (Å²) in [4.78, 5) is 15.2. The van der Waals surface area contributed by atoms with Gasteiger partial charge in [0.15, 0.2) is 0 Å². The average Bonchev–Trinajstić information content (AvgIpc) is 2.55. The van der Waals surface area contributed by atoms with E-state index in [0.29, 0.717) is 16.5 Å². The number of benzene rings is 2. The van der Waals surface area contributed by atoms with E-state index in [1.54, 1.807) is 24.4 Å². The topological polar surface area (TPSA) is 58.9 Å². The Balaban J connectivity index is 2.15. The largest absolute Gasteiger partial charge is 0.489 e. The molecule has 2 rings (SSSR count). The Morgan fingerprint density at radius 3 is 2.78 bits per heavy atom. The summed E-state index contributed by atoms with van der Waals surface area (Å²) in [6, 6.07) is 11.9. The minimum absolute atomic E-state index is 0.103. The van der Waals surface area contributed by atoms with Crippen LogP contribution in [0.25, 0.3) is 0 Å². The van der Waals surface area contributed by atoms with Crippen molar-refractivity contribution in [1.29, 1.82) is 0 Å². The van der Waals surface area contributed by atoms with Crippen LogP contribution in [-0.2, 0) is 0 Å². The van der Waals surface area contributed by atoms with Crippen molar-refractivity contribution in [2.75, 3.05) is 0 Å². The Bertz CT molecular complexity index is 728. The SMILES string of the molecule is CC[C@H](C)Oc1ccc(C=Nc2cccc(C(=O)O)c2)cc1Cl. The molecule has 0 saturated carbocycles. The van der Waals surface area contributed by atoms with Crippen molar-refractivity contribution in [2.45, 2.75) is 26.4 Å². The predicted molar refractivity (Wildman–Crippen MR) is 92.5 cm³/mol. The van der Waals surface area contributed by atoms with Crippen molar-refractivity contribution in [3.8, 4) is 5.75 Å². The van der Waals surface area contributed by atoms with Crippen LogP contribution in [0.4, 0.5) is 5.69 Å². The van der Waals surface area contributed by atoms with Crippen LogP contribution < -0.4 is 4.74 Å². The molecular weight excluding hydrogens is 314 g/mol. The first-order valence-electron chi connectivity index (χ1n) is 7.33. The fraction of sp³-hybridized carbons (Fsp3) is 0.222. The van der Waals surface area contributed by atoms with Gasteiger partial charge in [-0.3, -0.25) is 4.99 Å². The molecule has 1 atom stereocenters. The Morgan fingerprint density at radius 1 is 1.35 bits per heavy atom. The van der Waals surface area contributed by atoms with E-state index in [2.05, 4.69) is 4.99 Å². The first kappa shape index (κ1) is 17.0. The highest BCUT2D eigenvalue weighted by molar-refractivity contribution is 6.32. The van der Waals surface area contributed by atoms with E-state index in [9.17, 15) is 4.79 Å². The van der Waals surface area contributed by atoms with Gasteiger partial charge in [-0.25, -0.2) is 4.79 Å². The molecule has 0 radical (unpaired) electrons. The van der Waals surface area contributed by atoms with Gasteiger partial charge in [-0.15, -0.1) is 0 Å². The summed E-state index contributed by atoms with van der Waals surface area (Å²) < 4.78 is 5.71. The third kappa shape index (κ3) is 4.83. The number of aliphatic imine (C=N–C) groups is 1. The van der Waals surface area contributed by atoms with Gasteiger partial charge in [0.05, 0.1) is 22.4 Å². The van der Waals surface area contributed by atoms with E-state index in [4.69, 9.17) is 21.4 Å². The Kier molecular flexibility index (Phi) is 5.77. The van der Waals surface area contributed by atoms with Gasteiger partial charge in [-0.2, -0.15) is 0 Å². The Hall–Kier alpha value is -2.33. The molecule has 0 aromatic heterocycles. The van der Waals surface area contributed by atoms with Gasteiger partial charge >= 0.3 is 5.97 Å². The van der Waals surface area contributed by atoms with Crippen molar-refractivity contribution < 1.29 is 14.6 Å². The fourth-order valence-electron chi connectivity index (χ4n) is 1.86. The quantitative estimate of drug-likeness (QED) is 0.760. The molecule has 1 N–H and O–H groups in total. The third-order valence-electron chi connectivity index (χ3n) is 3.31. The molecule has 4 nitrogen and oxygen atoms in total. The zero-order valence-corrected chi connectivity index (χ0v) is 13.7. The van der Waals surface area contributed by atoms with E-state index < -0.39 is 5.97 Å². The second-order valence-corrected chi connectivity index (χ2v) is 5.55. The van der Waals surface area contributed by atoms with E-state index in [-0.39, 0.29) is 11.7 Å². The summed E-state index contributed by atoms with van der Waals surface area (Å²) in [5.41, 5.74) is 1.59. The van der Waals surface area contributed by atoms with E-state index in [1.807, 2.05) is 26.0 Å². The molecule has 23 heavy (non-hydrogen) atoms. The lowest BCUT2D eigenvalue weighted by atomic mass is 10.2. The summed E-state index contributed by atoms with van der Waals surface area (Å²) in [7, 11) is 0. The van der Waals surface area contributed by atoms with Gasteiger partial charge in [0.25, 0.3) is 0 Å². The van der Waals surface area contributed by atoms with Crippen molar-refractivity contribution in [3.05, 3.63) is 58.6 Å². The molecular formula is C18H18ClNO3. The van der Waals surface area contributed by atoms with Crippen LogP contribution in [0, 0.1) is 0 Å². The van der Waals surface area contributed by atoms with Crippen molar-refractivity contribution in [3.63, 3.8) is 0 Å². The fourth-order valence-corrected chi connectivity index (χ4v) is 2.09. The standard InChI is InChI=1S/C18H18ClNO3/c1-3-12(2)23-17-8-7-13(9-16(17)19)11-20-15-6-4-5-14(10-15)18(21)22/h4-12H,3H2,1-2H3,(H,21,22)/t12-/m0/s1. The molecule has 0 heterocycles.